The van der Waals surface area contributed by atoms with Crippen molar-refractivity contribution in [2.45, 2.75) is 30.7 Å². The number of carbonyl (C=O) groups is 2. The minimum Gasteiger partial charge on any atom is -0.466 e. The van der Waals surface area contributed by atoms with Gasteiger partial charge in [-0.05, 0) is 32.0 Å². The molecule has 1 amide bonds. The number of carbonyl (C=O) groups excluding carboxylic acids is 2. The summed E-state index contributed by atoms with van der Waals surface area (Å²) in [7, 11) is 1.73. The Morgan fingerprint density at radius 1 is 1.27 bits per heavy atom. The average molecular weight is 417 g/mol. The first kappa shape index (κ1) is 20.5. The lowest BCUT2D eigenvalue weighted by Gasteiger charge is -2.12. The summed E-state index contributed by atoms with van der Waals surface area (Å²) in [6.07, 6.45) is 0.0273. The van der Waals surface area contributed by atoms with Gasteiger partial charge in [-0.2, -0.15) is 0 Å². The van der Waals surface area contributed by atoms with Gasteiger partial charge in [0, 0.05) is 22.8 Å². The summed E-state index contributed by atoms with van der Waals surface area (Å²) in [5, 5.41) is 11.7. The summed E-state index contributed by atoms with van der Waals surface area (Å²) in [6.45, 7) is 3.79. The first-order valence-corrected chi connectivity index (χ1v) is 9.41. The Balaban J connectivity index is 2.00. The SMILES string of the molecule is CCOC(=O)Cc1nnc(S[C@@H](C)C(=O)Nc2cc(Cl)cc(Cl)c2)n1C. The minimum absolute atomic E-state index is 0.0273. The van der Waals surface area contributed by atoms with E-state index in [1.54, 1.807) is 43.7 Å². The van der Waals surface area contributed by atoms with Crippen molar-refractivity contribution in [2.75, 3.05) is 11.9 Å². The molecule has 0 fully saturated rings. The Bertz CT molecular complexity index is 793. The molecule has 1 aromatic heterocycles. The molecule has 0 aliphatic heterocycles. The summed E-state index contributed by atoms with van der Waals surface area (Å²) in [4.78, 5) is 23.9. The third-order valence-electron chi connectivity index (χ3n) is 3.31. The van der Waals surface area contributed by atoms with Gasteiger partial charge in [0.15, 0.2) is 5.16 Å². The second-order valence-electron chi connectivity index (χ2n) is 5.35. The van der Waals surface area contributed by atoms with Crippen LogP contribution in [0.15, 0.2) is 23.4 Å². The normalized spacial score (nSPS) is 11.9. The molecule has 2 aromatic rings. The number of thioether (sulfide) groups is 1. The zero-order chi connectivity index (χ0) is 19.3. The van der Waals surface area contributed by atoms with Crippen LogP contribution in [-0.2, 0) is 27.8 Å². The van der Waals surface area contributed by atoms with Crippen LogP contribution in [0.5, 0.6) is 0 Å². The van der Waals surface area contributed by atoms with E-state index in [0.29, 0.717) is 33.3 Å². The molecule has 1 heterocycles. The standard InChI is InChI=1S/C16H18Cl2N4O3S/c1-4-25-14(23)8-13-20-21-16(22(13)3)26-9(2)15(24)19-12-6-10(17)5-11(18)7-12/h5-7,9H,4,8H2,1-3H3,(H,19,24)/t9-/m0/s1. The van der Waals surface area contributed by atoms with Crippen molar-refractivity contribution >= 4 is 52.5 Å². The molecule has 26 heavy (non-hydrogen) atoms. The summed E-state index contributed by atoms with van der Waals surface area (Å²) >= 11 is 13.1. The van der Waals surface area contributed by atoms with Crippen molar-refractivity contribution < 1.29 is 14.3 Å². The van der Waals surface area contributed by atoms with E-state index in [0.717, 1.165) is 0 Å². The van der Waals surface area contributed by atoms with Crippen molar-refractivity contribution in [1.82, 2.24) is 14.8 Å². The quantitative estimate of drug-likeness (QED) is 0.549. The van der Waals surface area contributed by atoms with Gasteiger partial charge in [-0.1, -0.05) is 35.0 Å². The maximum Gasteiger partial charge on any atom is 0.313 e. The van der Waals surface area contributed by atoms with E-state index in [1.165, 1.54) is 11.8 Å². The number of amides is 1. The van der Waals surface area contributed by atoms with Crippen LogP contribution in [0, 0.1) is 0 Å². The summed E-state index contributed by atoms with van der Waals surface area (Å²) in [5.74, 6) is -0.133. The molecular weight excluding hydrogens is 399 g/mol. The van der Waals surface area contributed by atoms with Crippen LogP contribution in [0.1, 0.15) is 19.7 Å². The number of nitrogens with zero attached hydrogens (tertiary/aromatic N) is 3. The minimum atomic E-state index is -0.453. The number of benzene rings is 1. The highest BCUT2D eigenvalue weighted by atomic mass is 35.5. The Morgan fingerprint density at radius 3 is 2.54 bits per heavy atom. The van der Waals surface area contributed by atoms with Gasteiger partial charge in [0.05, 0.1) is 11.9 Å². The number of ether oxygens (including phenoxy) is 1. The lowest BCUT2D eigenvalue weighted by Crippen LogP contribution is -2.23. The topological polar surface area (TPSA) is 86.1 Å². The van der Waals surface area contributed by atoms with Gasteiger partial charge >= 0.3 is 5.97 Å². The molecule has 0 unspecified atom stereocenters. The van der Waals surface area contributed by atoms with Crippen LogP contribution in [0.25, 0.3) is 0 Å². The Hall–Kier alpha value is -1.77. The number of hydrogen-bond acceptors (Lipinski definition) is 6. The predicted octanol–water partition coefficient (Wildman–Crippen LogP) is 3.35. The molecule has 140 valence electrons. The van der Waals surface area contributed by atoms with Crippen molar-refractivity contribution in [2.24, 2.45) is 7.05 Å². The van der Waals surface area contributed by atoms with Gasteiger partial charge in [-0.15, -0.1) is 10.2 Å². The van der Waals surface area contributed by atoms with Crippen molar-refractivity contribution in [3.05, 3.63) is 34.1 Å². The highest BCUT2D eigenvalue weighted by Gasteiger charge is 2.20. The number of esters is 1. The fourth-order valence-corrected chi connectivity index (χ4v) is 3.38. The molecule has 1 aromatic carbocycles. The average Bonchev–Trinajstić information content (AvgIpc) is 2.87. The van der Waals surface area contributed by atoms with Gasteiger partial charge in [0.25, 0.3) is 0 Å². The Morgan fingerprint density at radius 2 is 1.92 bits per heavy atom. The highest BCUT2D eigenvalue weighted by Crippen LogP contribution is 2.25. The molecule has 0 spiro atoms. The third kappa shape index (κ3) is 5.62. The van der Waals surface area contributed by atoms with E-state index in [2.05, 4.69) is 15.5 Å². The van der Waals surface area contributed by atoms with Crippen molar-refractivity contribution in [3.63, 3.8) is 0 Å². The van der Waals surface area contributed by atoms with Crippen LogP contribution >= 0.6 is 35.0 Å². The molecular formula is C16H18Cl2N4O3S. The summed E-state index contributed by atoms with van der Waals surface area (Å²) in [6, 6.07) is 4.81. The molecule has 10 heteroatoms. The number of halogens is 2. The molecule has 7 nitrogen and oxygen atoms in total. The zero-order valence-corrected chi connectivity index (χ0v) is 16.8. The van der Waals surface area contributed by atoms with E-state index in [9.17, 15) is 9.59 Å². The Kier molecular flexibility index (Phi) is 7.31. The van der Waals surface area contributed by atoms with Crippen LogP contribution in [-0.4, -0.2) is 38.5 Å². The molecule has 1 N–H and O–H groups in total. The predicted molar refractivity (Wildman–Crippen MR) is 102 cm³/mol. The van der Waals surface area contributed by atoms with E-state index in [4.69, 9.17) is 27.9 Å². The van der Waals surface area contributed by atoms with Crippen molar-refractivity contribution in [1.29, 1.82) is 0 Å². The molecule has 2 rings (SSSR count). The second-order valence-corrected chi connectivity index (χ2v) is 7.53. The van der Waals surface area contributed by atoms with E-state index in [1.807, 2.05) is 0 Å². The zero-order valence-electron chi connectivity index (χ0n) is 14.5. The number of aromatic nitrogens is 3. The molecule has 0 radical (unpaired) electrons. The van der Waals surface area contributed by atoms with Crippen LogP contribution in [0.3, 0.4) is 0 Å². The molecule has 1 atom stereocenters. The van der Waals surface area contributed by atoms with Gasteiger partial charge in [0.2, 0.25) is 5.91 Å². The van der Waals surface area contributed by atoms with E-state index < -0.39 is 5.25 Å². The van der Waals surface area contributed by atoms with Crippen LogP contribution in [0.2, 0.25) is 10.0 Å². The van der Waals surface area contributed by atoms with Gasteiger partial charge < -0.3 is 14.6 Å². The van der Waals surface area contributed by atoms with Crippen LogP contribution in [0.4, 0.5) is 5.69 Å². The maximum absolute atomic E-state index is 12.4. The van der Waals surface area contributed by atoms with E-state index >= 15 is 0 Å². The molecule has 0 saturated heterocycles. The largest absolute Gasteiger partial charge is 0.466 e. The third-order valence-corrected chi connectivity index (χ3v) is 4.88. The van der Waals surface area contributed by atoms with Gasteiger partial charge in [-0.25, -0.2) is 0 Å². The van der Waals surface area contributed by atoms with Crippen LogP contribution < -0.4 is 5.32 Å². The second kappa shape index (κ2) is 9.25. The summed E-state index contributed by atoms with van der Waals surface area (Å²) in [5.41, 5.74) is 0.515. The van der Waals surface area contributed by atoms with Gasteiger partial charge in [0.1, 0.15) is 12.2 Å². The summed E-state index contributed by atoms with van der Waals surface area (Å²) < 4.78 is 6.57. The lowest BCUT2D eigenvalue weighted by atomic mass is 10.3. The number of anilines is 1. The molecule has 0 saturated carbocycles. The lowest BCUT2D eigenvalue weighted by molar-refractivity contribution is -0.142. The fourth-order valence-electron chi connectivity index (χ4n) is 2.02. The Labute approximate surface area is 165 Å². The monoisotopic (exact) mass is 416 g/mol. The van der Waals surface area contributed by atoms with Gasteiger partial charge in [-0.3, -0.25) is 9.59 Å². The number of nitrogens with one attached hydrogen (secondary N) is 1. The van der Waals surface area contributed by atoms with Crippen molar-refractivity contribution in [3.8, 4) is 0 Å². The number of rotatable bonds is 7. The highest BCUT2D eigenvalue weighted by molar-refractivity contribution is 8.00. The smallest absolute Gasteiger partial charge is 0.313 e. The maximum atomic E-state index is 12.4. The molecule has 0 bridgehead atoms. The first-order valence-electron chi connectivity index (χ1n) is 7.77. The first-order chi connectivity index (χ1) is 12.3. The van der Waals surface area contributed by atoms with E-state index in [-0.39, 0.29) is 18.3 Å². The molecule has 0 aliphatic carbocycles. The number of hydrogen-bond donors (Lipinski definition) is 1. The fraction of sp³-hybridized carbons (Fsp3) is 0.375. The molecule has 0 aliphatic rings.